The highest BCUT2D eigenvalue weighted by atomic mass is 19.1. The maximum atomic E-state index is 13.8. The summed E-state index contributed by atoms with van der Waals surface area (Å²) in [5.74, 6) is -0.132. The van der Waals surface area contributed by atoms with E-state index in [1.165, 1.54) is 18.7 Å². The van der Waals surface area contributed by atoms with E-state index in [0.717, 1.165) is 22.9 Å². The number of halogens is 1. The summed E-state index contributed by atoms with van der Waals surface area (Å²) in [6.07, 6.45) is 2.70. The first-order valence-corrected chi connectivity index (χ1v) is 8.66. The topological polar surface area (TPSA) is 45.3 Å². The second-order valence-corrected chi connectivity index (χ2v) is 6.46. The molecule has 0 saturated carbocycles. The molecule has 26 heavy (non-hydrogen) atoms. The molecule has 0 atom stereocenters. The number of rotatable bonds is 7. The third-order valence-electron chi connectivity index (χ3n) is 4.57. The molecule has 0 bridgehead atoms. The van der Waals surface area contributed by atoms with E-state index in [4.69, 9.17) is 4.74 Å². The Labute approximate surface area is 152 Å². The van der Waals surface area contributed by atoms with Crippen LogP contribution in [0.5, 0.6) is 5.75 Å². The smallest absolute Gasteiger partial charge is 0.178 e. The number of hydrogen-bond acceptors (Lipinski definition) is 3. The SMILES string of the molecule is CCc1cccc2c(C(=O)CN(C)Cc3ccc(OC)c(F)c3)c[nH]c12. The summed E-state index contributed by atoms with van der Waals surface area (Å²) >= 11 is 0. The molecule has 1 aromatic heterocycles. The molecule has 0 amide bonds. The van der Waals surface area contributed by atoms with Crippen molar-refractivity contribution in [3.8, 4) is 5.75 Å². The third kappa shape index (κ3) is 3.63. The van der Waals surface area contributed by atoms with Crippen LogP contribution in [0.1, 0.15) is 28.4 Å². The number of nitrogens with zero attached hydrogens (tertiary/aromatic N) is 1. The molecular formula is C21H23FN2O2. The number of aryl methyl sites for hydroxylation is 1. The van der Waals surface area contributed by atoms with E-state index in [2.05, 4.69) is 18.0 Å². The van der Waals surface area contributed by atoms with Gasteiger partial charge in [-0.05, 0) is 36.7 Å². The molecule has 1 heterocycles. The average Bonchev–Trinajstić information content (AvgIpc) is 3.06. The van der Waals surface area contributed by atoms with Gasteiger partial charge in [-0.25, -0.2) is 4.39 Å². The number of fused-ring (bicyclic) bond motifs is 1. The van der Waals surface area contributed by atoms with E-state index in [-0.39, 0.29) is 18.1 Å². The highest BCUT2D eigenvalue weighted by Crippen LogP contribution is 2.23. The van der Waals surface area contributed by atoms with Crippen molar-refractivity contribution in [2.75, 3.05) is 20.7 Å². The van der Waals surface area contributed by atoms with Crippen LogP contribution < -0.4 is 4.74 Å². The molecule has 2 aromatic carbocycles. The van der Waals surface area contributed by atoms with E-state index in [0.29, 0.717) is 12.1 Å². The summed E-state index contributed by atoms with van der Waals surface area (Å²) in [6, 6.07) is 10.9. The first-order valence-electron chi connectivity index (χ1n) is 8.66. The number of benzene rings is 2. The first-order chi connectivity index (χ1) is 12.5. The van der Waals surface area contributed by atoms with Gasteiger partial charge in [-0.15, -0.1) is 0 Å². The van der Waals surface area contributed by atoms with Crippen LogP contribution in [-0.2, 0) is 13.0 Å². The van der Waals surface area contributed by atoms with Gasteiger partial charge >= 0.3 is 0 Å². The molecular weight excluding hydrogens is 331 g/mol. The van der Waals surface area contributed by atoms with Gasteiger partial charge in [0.25, 0.3) is 0 Å². The van der Waals surface area contributed by atoms with Crippen LogP contribution in [0.25, 0.3) is 10.9 Å². The van der Waals surface area contributed by atoms with Crippen molar-refractivity contribution < 1.29 is 13.9 Å². The standard InChI is InChI=1S/C21H23FN2O2/c1-4-15-6-5-7-16-17(11-23-21(15)16)19(25)13-24(2)12-14-8-9-20(26-3)18(22)10-14/h5-11,23H,4,12-13H2,1-3H3. The van der Waals surface area contributed by atoms with Crippen molar-refractivity contribution >= 4 is 16.7 Å². The van der Waals surface area contributed by atoms with Crippen LogP contribution in [-0.4, -0.2) is 36.4 Å². The minimum Gasteiger partial charge on any atom is -0.494 e. The number of likely N-dealkylation sites (N-methyl/N-ethyl adjacent to an activating group) is 1. The van der Waals surface area contributed by atoms with Crippen molar-refractivity contribution in [2.45, 2.75) is 19.9 Å². The Morgan fingerprint density at radius 1 is 1.27 bits per heavy atom. The van der Waals surface area contributed by atoms with Gasteiger partial charge in [-0.3, -0.25) is 9.69 Å². The monoisotopic (exact) mass is 354 g/mol. The number of ketones is 1. The molecule has 0 aliphatic carbocycles. The number of nitrogens with one attached hydrogen (secondary N) is 1. The van der Waals surface area contributed by atoms with Gasteiger partial charge in [0.2, 0.25) is 0 Å². The minimum absolute atomic E-state index is 0.0426. The highest BCUT2D eigenvalue weighted by Gasteiger charge is 2.16. The predicted molar refractivity (Wildman–Crippen MR) is 101 cm³/mol. The molecule has 0 unspecified atom stereocenters. The van der Waals surface area contributed by atoms with Gasteiger partial charge in [0.05, 0.1) is 13.7 Å². The number of carbonyl (C=O) groups is 1. The minimum atomic E-state index is -0.395. The largest absolute Gasteiger partial charge is 0.494 e. The number of aromatic nitrogens is 1. The van der Waals surface area contributed by atoms with Crippen LogP contribution in [0.15, 0.2) is 42.6 Å². The summed E-state index contributed by atoms with van der Waals surface area (Å²) in [5, 5.41) is 0.957. The van der Waals surface area contributed by atoms with E-state index >= 15 is 0 Å². The fraction of sp³-hybridized carbons (Fsp3) is 0.286. The predicted octanol–water partition coefficient (Wildman–Crippen LogP) is 4.19. The molecule has 1 N–H and O–H groups in total. The van der Waals surface area contributed by atoms with E-state index < -0.39 is 5.82 Å². The Morgan fingerprint density at radius 2 is 2.08 bits per heavy atom. The number of para-hydroxylation sites is 1. The lowest BCUT2D eigenvalue weighted by Gasteiger charge is -2.16. The number of ether oxygens (including phenoxy) is 1. The van der Waals surface area contributed by atoms with E-state index in [1.54, 1.807) is 12.3 Å². The zero-order valence-corrected chi connectivity index (χ0v) is 15.3. The quantitative estimate of drug-likeness (QED) is 0.647. The maximum Gasteiger partial charge on any atom is 0.178 e. The van der Waals surface area contributed by atoms with Crippen molar-refractivity contribution in [3.63, 3.8) is 0 Å². The number of Topliss-reactive ketones (excluding diaryl/α,β-unsaturated/α-hetero) is 1. The Bertz CT molecular complexity index is 933. The lowest BCUT2D eigenvalue weighted by Crippen LogP contribution is -2.25. The van der Waals surface area contributed by atoms with Crippen LogP contribution in [0.2, 0.25) is 0 Å². The molecule has 0 aliphatic rings. The van der Waals surface area contributed by atoms with Crippen LogP contribution in [0, 0.1) is 5.82 Å². The van der Waals surface area contributed by atoms with Crippen LogP contribution in [0.3, 0.4) is 0 Å². The van der Waals surface area contributed by atoms with Gasteiger partial charge in [-0.2, -0.15) is 0 Å². The molecule has 5 heteroatoms. The Kier molecular flexibility index (Phi) is 5.38. The molecule has 136 valence electrons. The summed E-state index contributed by atoms with van der Waals surface area (Å²) in [5.41, 5.74) is 3.72. The van der Waals surface area contributed by atoms with Crippen molar-refractivity contribution in [1.82, 2.24) is 9.88 Å². The molecule has 0 saturated heterocycles. The van der Waals surface area contributed by atoms with Gasteiger partial charge in [-0.1, -0.05) is 31.2 Å². The average molecular weight is 354 g/mol. The summed E-state index contributed by atoms with van der Waals surface area (Å²) in [6.45, 7) is 2.84. The number of carbonyl (C=O) groups excluding carboxylic acids is 1. The number of H-pyrrole nitrogens is 1. The zero-order valence-electron chi connectivity index (χ0n) is 15.3. The van der Waals surface area contributed by atoms with Crippen molar-refractivity contribution in [3.05, 3.63) is 65.1 Å². The van der Waals surface area contributed by atoms with E-state index in [9.17, 15) is 9.18 Å². The second kappa shape index (κ2) is 7.70. The Morgan fingerprint density at radius 3 is 2.77 bits per heavy atom. The number of hydrogen-bond donors (Lipinski definition) is 1. The summed E-state index contributed by atoms with van der Waals surface area (Å²) in [4.78, 5) is 17.8. The zero-order chi connectivity index (χ0) is 18.7. The number of methoxy groups -OCH3 is 1. The first kappa shape index (κ1) is 18.1. The molecule has 0 fully saturated rings. The molecule has 0 aliphatic heterocycles. The normalized spacial score (nSPS) is 11.3. The van der Waals surface area contributed by atoms with Gasteiger partial charge in [0.1, 0.15) is 0 Å². The van der Waals surface area contributed by atoms with Gasteiger partial charge in [0, 0.05) is 29.2 Å². The Balaban J connectivity index is 1.73. The molecule has 0 spiro atoms. The van der Waals surface area contributed by atoms with Crippen molar-refractivity contribution in [2.24, 2.45) is 0 Å². The van der Waals surface area contributed by atoms with Gasteiger partial charge in [0.15, 0.2) is 17.3 Å². The fourth-order valence-electron chi connectivity index (χ4n) is 3.25. The maximum absolute atomic E-state index is 13.8. The number of aromatic amines is 1. The molecule has 3 rings (SSSR count). The molecule has 0 radical (unpaired) electrons. The molecule has 3 aromatic rings. The Hall–Kier alpha value is -2.66. The summed E-state index contributed by atoms with van der Waals surface area (Å²) in [7, 11) is 3.29. The lowest BCUT2D eigenvalue weighted by atomic mass is 10.0. The second-order valence-electron chi connectivity index (χ2n) is 6.46. The third-order valence-corrected chi connectivity index (χ3v) is 4.57. The lowest BCUT2D eigenvalue weighted by molar-refractivity contribution is 0.0944. The van der Waals surface area contributed by atoms with Gasteiger partial charge < -0.3 is 9.72 Å². The van der Waals surface area contributed by atoms with E-state index in [1.807, 2.05) is 30.1 Å². The summed E-state index contributed by atoms with van der Waals surface area (Å²) < 4.78 is 18.7. The molecule has 4 nitrogen and oxygen atoms in total. The van der Waals surface area contributed by atoms with Crippen LogP contribution >= 0.6 is 0 Å². The van der Waals surface area contributed by atoms with Crippen molar-refractivity contribution in [1.29, 1.82) is 0 Å². The fourth-order valence-corrected chi connectivity index (χ4v) is 3.25. The highest BCUT2D eigenvalue weighted by molar-refractivity contribution is 6.09. The van der Waals surface area contributed by atoms with Crippen LogP contribution in [0.4, 0.5) is 4.39 Å².